The van der Waals surface area contributed by atoms with E-state index in [4.69, 9.17) is 0 Å². The largest absolute Gasteiger partial charge is 0.357 e. The molecule has 0 bridgehead atoms. The lowest BCUT2D eigenvalue weighted by Crippen LogP contribution is -2.36. The van der Waals surface area contributed by atoms with E-state index in [-0.39, 0.29) is 0 Å². The Morgan fingerprint density at radius 1 is 1.26 bits per heavy atom. The van der Waals surface area contributed by atoms with Crippen LogP contribution in [-0.4, -0.2) is 22.5 Å². The van der Waals surface area contributed by atoms with Gasteiger partial charge < -0.3 is 10.6 Å². The lowest BCUT2D eigenvalue weighted by Gasteiger charge is -2.09. The van der Waals surface area contributed by atoms with E-state index in [0.29, 0.717) is 19.0 Å². The molecule has 0 aliphatic carbocycles. The van der Waals surface area contributed by atoms with Crippen LogP contribution in [0, 0.1) is 13.8 Å². The van der Waals surface area contributed by atoms with Crippen molar-refractivity contribution in [1.82, 2.24) is 20.6 Å². The molecule has 0 aliphatic heterocycles. The van der Waals surface area contributed by atoms with Crippen molar-refractivity contribution in [3.8, 4) is 0 Å². The van der Waals surface area contributed by atoms with Crippen LogP contribution in [-0.2, 0) is 13.1 Å². The van der Waals surface area contributed by atoms with Crippen LogP contribution in [0.5, 0.6) is 0 Å². The third-order valence-corrected chi connectivity index (χ3v) is 5.55. The van der Waals surface area contributed by atoms with E-state index < -0.39 is 0 Å². The fourth-order valence-electron chi connectivity index (χ4n) is 1.94. The summed E-state index contributed by atoms with van der Waals surface area (Å²) in [6.07, 6.45) is 0. The van der Waals surface area contributed by atoms with Gasteiger partial charge in [-0.15, -0.1) is 22.7 Å². The standard InChI is InChI=1S/C16H25N5S2/c1-6-17-16(19-8-14-20-11(4)12(5)23-14)18-7-13-9-22-15(21-13)10(2)3/h9-10H,6-8H2,1-5H3,(H2,17,18,19). The minimum Gasteiger partial charge on any atom is -0.357 e. The van der Waals surface area contributed by atoms with Gasteiger partial charge >= 0.3 is 0 Å². The van der Waals surface area contributed by atoms with Crippen molar-refractivity contribution < 1.29 is 0 Å². The summed E-state index contributed by atoms with van der Waals surface area (Å²) < 4.78 is 0. The van der Waals surface area contributed by atoms with Gasteiger partial charge in [0, 0.05) is 22.7 Å². The summed E-state index contributed by atoms with van der Waals surface area (Å²) in [5.41, 5.74) is 2.13. The molecule has 2 rings (SSSR count). The average Bonchev–Trinajstić information content (AvgIpc) is 3.10. The first-order chi connectivity index (χ1) is 11.0. The van der Waals surface area contributed by atoms with E-state index in [1.54, 1.807) is 22.7 Å². The number of aromatic nitrogens is 2. The highest BCUT2D eigenvalue weighted by atomic mass is 32.1. The van der Waals surface area contributed by atoms with E-state index >= 15 is 0 Å². The fraction of sp³-hybridized carbons (Fsp3) is 0.562. The first kappa shape index (κ1) is 17.9. The lowest BCUT2D eigenvalue weighted by molar-refractivity contribution is 0.801. The molecule has 126 valence electrons. The van der Waals surface area contributed by atoms with Crippen molar-refractivity contribution >= 4 is 28.6 Å². The van der Waals surface area contributed by atoms with Crippen LogP contribution in [0.3, 0.4) is 0 Å². The van der Waals surface area contributed by atoms with Crippen molar-refractivity contribution in [2.24, 2.45) is 4.99 Å². The summed E-state index contributed by atoms with van der Waals surface area (Å²) in [5.74, 6) is 1.28. The summed E-state index contributed by atoms with van der Waals surface area (Å²) in [6.45, 7) is 12.6. The molecule has 2 aromatic rings. The van der Waals surface area contributed by atoms with Crippen molar-refractivity contribution in [3.05, 3.63) is 31.7 Å². The number of rotatable bonds is 6. The highest BCUT2D eigenvalue weighted by molar-refractivity contribution is 7.11. The van der Waals surface area contributed by atoms with Gasteiger partial charge in [0.05, 0.1) is 29.5 Å². The quantitative estimate of drug-likeness (QED) is 0.617. The molecule has 2 heterocycles. The van der Waals surface area contributed by atoms with Gasteiger partial charge in [-0.3, -0.25) is 0 Å². The van der Waals surface area contributed by atoms with Gasteiger partial charge in [0.15, 0.2) is 5.96 Å². The van der Waals surface area contributed by atoms with Gasteiger partial charge in [0.1, 0.15) is 5.01 Å². The Hall–Kier alpha value is -1.47. The Morgan fingerprint density at radius 2 is 2.04 bits per heavy atom. The minimum absolute atomic E-state index is 0.473. The SMILES string of the molecule is CCNC(=NCc1csc(C(C)C)n1)NCc1nc(C)c(C)s1. The maximum atomic E-state index is 4.62. The third-order valence-electron chi connectivity index (χ3n) is 3.29. The number of nitrogens with one attached hydrogen (secondary N) is 2. The molecule has 0 aliphatic rings. The van der Waals surface area contributed by atoms with Gasteiger partial charge in [-0.1, -0.05) is 13.8 Å². The van der Waals surface area contributed by atoms with E-state index in [9.17, 15) is 0 Å². The van der Waals surface area contributed by atoms with Crippen molar-refractivity contribution in [2.45, 2.75) is 53.6 Å². The predicted octanol–water partition coefficient (Wildman–Crippen LogP) is 3.60. The van der Waals surface area contributed by atoms with Crippen LogP contribution >= 0.6 is 22.7 Å². The zero-order valence-electron chi connectivity index (χ0n) is 14.4. The average molecular weight is 352 g/mol. The zero-order chi connectivity index (χ0) is 16.8. The second-order valence-electron chi connectivity index (χ2n) is 5.63. The highest BCUT2D eigenvalue weighted by Gasteiger charge is 2.07. The molecule has 5 nitrogen and oxygen atoms in total. The molecule has 23 heavy (non-hydrogen) atoms. The van der Waals surface area contributed by atoms with Gasteiger partial charge in [-0.05, 0) is 20.8 Å². The van der Waals surface area contributed by atoms with Crippen LogP contribution in [0.4, 0.5) is 0 Å². The van der Waals surface area contributed by atoms with Crippen molar-refractivity contribution in [1.29, 1.82) is 0 Å². The number of hydrogen-bond acceptors (Lipinski definition) is 5. The number of aryl methyl sites for hydroxylation is 2. The number of hydrogen-bond donors (Lipinski definition) is 2. The molecule has 0 spiro atoms. The number of aliphatic imine (C=N–C) groups is 1. The van der Waals surface area contributed by atoms with E-state index in [2.05, 4.69) is 58.7 Å². The topological polar surface area (TPSA) is 62.2 Å². The van der Waals surface area contributed by atoms with Gasteiger partial charge in [0.25, 0.3) is 0 Å². The molecule has 0 atom stereocenters. The molecule has 0 saturated carbocycles. The van der Waals surface area contributed by atoms with Crippen molar-refractivity contribution in [3.63, 3.8) is 0 Å². The second kappa shape index (κ2) is 8.40. The molecule has 7 heteroatoms. The summed E-state index contributed by atoms with van der Waals surface area (Å²) >= 11 is 3.44. The first-order valence-corrected chi connectivity index (χ1v) is 9.58. The molecule has 0 unspecified atom stereocenters. The molecule has 0 fully saturated rings. The Bertz CT molecular complexity index is 638. The van der Waals surface area contributed by atoms with E-state index in [0.717, 1.165) is 28.9 Å². The van der Waals surface area contributed by atoms with Crippen molar-refractivity contribution in [2.75, 3.05) is 6.54 Å². The van der Waals surface area contributed by atoms with E-state index in [1.165, 1.54) is 9.88 Å². The molecule has 2 N–H and O–H groups in total. The summed E-state index contributed by atoms with van der Waals surface area (Å²) in [4.78, 5) is 15.1. The smallest absolute Gasteiger partial charge is 0.191 e. The number of nitrogens with zero attached hydrogens (tertiary/aromatic N) is 3. The van der Waals surface area contributed by atoms with Gasteiger partial charge in [-0.2, -0.15) is 0 Å². The monoisotopic (exact) mass is 351 g/mol. The minimum atomic E-state index is 0.473. The van der Waals surface area contributed by atoms with Crippen LogP contribution in [0.15, 0.2) is 10.4 Å². The summed E-state index contributed by atoms with van der Waals surface area (Å²) in [5, 5.41) is 11.0. The van der Waals surface area contributed by atoms with Crippen LogP contribution in [0.2, 0.25) is 0 Å². The molecular weight excluding hydrogens is 326 g/mol. The summed E-state index contributed by atoms with van der Waals surface area (Å²) in [6, 6.07) is 0. The molecule has 0 radical (unpaired) electrons. The second-order valence-corrected chi connectivity index (χ2v) is 7.81. The lowest BCUT2D eigenvalue weighted by atomic mass is 10.2. The Kier molecular flexibility index (Phi) is 6.53. The molecule has 2 aromatic heterocycles. The predicted molar refractivity (Wildman–Crippen MR) is 99.4 cm³/mol. The van der Waals surface area contributed by atoms with Crippen LogP contribution in [0.25, 0.3) is 0 Å². The number of thiazole rings is 2. The maximum absolute atomic E-state index is 4.62. The van der Waals surface area contributed by atoms with Crippen LogP contribution < -0.4 is 10.6 Å². The zero-order valence-corrected chi connectivity index (χ0v) is 16.1. The fourth-order valence-corrected chi connectivity index (χ4v) is 3.64. The maximum Gasteiger partial charge on any atom is 0.191 e. The van der Waals surface area contributed by atoms with Gasteiger partial charge in [-0.25, -0.2) is 15.0 Å². The molecule has 0 amide bonds. The normalized spacial score (nSPS) is 12.0. The molecular formula is C16H25N5S2. The van der Waals surface area contributed by atoms with Gasteiger partial charge in [0.2, 0.25) is 0 Å². The summed E-state index contributed by atoms with van der Waals surface area (Å²) in [7, 11) is 0. The Labute approximate surface area is 146 Å². The molecule has 0 aromatic carbocycles. The number of guanidine groups is 1. The van der Waals surface area contributed by atoms with E-state index in [1.807, 2.05) is 6.92 Å². The Morgan fingerprint density at radius 3 is 2.61 bits per heavy atom. The third kappa shape index (κ3) is 5.28. The Balaban J connectivity index is 1.96. The first-order valence-electron chi connectivity index (χ1n) is 7.89. The highest BCUT2D eigenvalue weighted by Crippen LogP contribution is 2.19. The van der Waals surface area contributed by atoms with Crippen LogP contribution in [0.1, 0.15) is 53.0 Å². The molecule has 0 saturated heterocycles.